The fourth-order valence-electron chi connectivity index (χ4n) is 1.83. The summed E-state index contributed by atoms with van der Waals surface area (Å²) < 4.78 is 10.5. The molecule has 19 heavy (non-hydrogen) atoms. The fraction of sp³-hybridized carbons (Fsp3) is 0.286. The van der Waals surface area contributed by atoms with Crippen molar-refractivity contribution < 1.29 is 9.47 Å². The van der Waals surface area contributed by atoms with Crippen molar-refractivity contribution in [1.29, 1.82) is 0 Å². The minimum Gasteiger partial charge on any atom is -0.496 e. The van der Waals surface area contributed by atoms with E-state index in [1.54, 1.807) is 20.3 Å². The molecule has 0 saturated heterocycles. The lowest BCUT2D eigenvalue weighted by Crippen LogP contribution is -2.05. The molecule has 0 amide bonds. The number of nitrogens with zero attached hydrogens (tertiary/aromatic N) is 2. The first-order valence-corrected chi connectivity index (χ1v) is 5.95. The van der Waals surface area contributed by atoms with Crippen molar-refractivity contribution in [1.82, 2.24) is 9.97 Å². The first kappa shape index (κ1) is 13.3. The van der Waals surface area contributed by atoms with Crippen molar-refractivity contribution in [3.63, 3.8) is 0 Å². The minimum atomic E-state index is 0.262. The molecule has 5 nitrogen and oxygen atoms in total. The predicted molar refractivity (Wildman–Crippen MR) is 73.2 cm³/mol. The van der Waals surface area contributed by atoms with Crippen LogP contribution in [-0.4, -0.2) is 24.2 Å². The van der Waals surface area contributed by atoms with E-state index in [0.717, 1.165) is 22.6 Å². The van der Waals surface area contributed by atoms with E-state index in [1.807, 2.05) is 25.1 Å². The van der Waals surface area contributed by atoms with Gasteiger partial charge >= 0.3 is 0 Å². The van der Waals surface area contributed by atoms with Crippen LogP contribution in [0, 0.1) is 6.92 Å². The van der Waals surface area contributed by atoms with Gasteiger partial charge in [0.05, 0.1) is 26.5 Å². The first-order chi connectivity index (χ1) is 9.17. The van der Waals surface area contributed by atoms with E-state index in [2.05, 4.69) is 9.97 Å². The molecule has 0 fully saturated rings. The maximum atomic E-state index is 5.61. The molecular weight excluding hydrogens is 242 g/mol. The van der Waals surface area contributed by atoms with Gasteiger partial charge in [-0.3, -0.25) is 0 Å². The van der Waals surface area contributed by atoms with E-state index in [9.17, 15) is 0 Å². The van der Waals surface area contributed by atoms with Crippen LogP contribution in [0.5, 0.6) is 11.6 Å². The topological polar surface area (TPSA) is 70.3 Å². The molecule has 0 saturated carbocycles. The van der Waals surface area contributed by atoms with Crippen LogP contribution in [0.15, 0.2) is 24.3 Å². The second-order valence-corrected chi connectivity index (χ2v) is 4.12. The number of hydrogen-bond acceptors (Lipinski definition) is 5. The SMILES string of the molecule is COc1cc(-c2cc(C)ccc2OC)nc(CN)n1. The van der Waals surface area contributed by atoms with Gasteiger partial charge in [-0.15, -0.1) is 0 Å². The summed E-state index contributed by atoms with van der Waals surface area (Å²) in [4.78, 5) is 8.60. The van der Waals surface area contributed by atoms with Gasteiger partial charge in [-0.25, -0.2) is 4.98 Å². The van der Waals surface area contributed by atoms with E-state index in [1.165, 1.54) is 0 Å². The monoisotopic (exact) mass is 259 g/mol. The summed E-state index contributed by atoms with van der Waals surface area (Å²) in [5.74, 6) is 1.79. The zero-order chi connectivity index (χ0) is 13.8. The molecule has 0 atom stereocenters. The molecule has 0 aliphatic rings. The van der Waals surface area contributed by atoms with E-state index >= 15 is 0 Å². The van der Waals surface area contributed by atoms with E-state index < -0.39 is 0 Å². The lowest BCUT2D eigenvalue weighted by atomic mass is 10.1. The summed E-state index contributed by atoms with van der Waals surface area (Å²) >= 11 is 0. The van der Waals surface area contributed by atoms with Crippen LogP contribution in [-0.2, 0) is 6.54 Å². The third-order valence-electron chi connectivity index (χ3n) is 2.77. The lowest BCUT2D eigenvalue weighted by molar-refractivity contribution is 0.395. The zero-order valence-corrected chi connectivity index (χ0v) is 11.3. The van der Waals surface area contributed by atoms with Crippen molar-refractivity contribution in [2.24, 2.45) is 5.73 Å². The Kier molecular flexibility index (Phi) is 3.97. The fourth-order valence-corrected chi connectivity index (χ4v) is 1.83. The number of benzene rings is 1. The van der Waals surface area contributed by atoms with Gasteiger partial charge in [0.25, 0.3) is 0 Å². The van der Waals surface area contributed by atoms with Crippen LogP contribution in [0.2, 0.25) is 0 Å². The van der Waals surface area contributed by atoms with Gasteiger partial charge in [-0.2, -0.15) is 4.98 Å². The molecule has 0 spiro atoms. The number of ether oxygens (including phenoxy) is 2. The number of nitrogens with two attached hydrogens (primary N) is 1. The Balaban J connectivity index is 2.60. The number of hydrogen-bond donors (Lipinski definition) is 1. The first-order valence-electron chi connectivity index (χ1n) is 5.95. The zero-order valence-electron chi connectivity index (χ0n) is 11.3. The Morgan fingerprint density at radius 3 is 2.53 bits per heavy atom. The Hall–Kier alpha value is -2.14. The molecule has 5 heteroatoms. The Morgan fingerprint density at radius 2 is 1.89 bits per heavy atom. The van der Waals surface area contributed by atoms with Crippen molar-refractivity contribution >= 4 is 0 Å². The van der Waals surface area contributed by atoms with Crippen LogP contribution >= 0.6 is 0 Å². The van der Waals surface area contributed by atoms with Crippen molar-refractivity contribution in [2.45, 2.75) is 13.5 Å². The number of aryl methyl sites for hydroxylation is 1. The highest BCUT2D eigenvalue weighted by Crippen LogP contribution is 2.30. The van der Waals surface area contributed by atoms with Gasteiger partial charge < -0.3 is 15.2 Å². The van der Waals surface area contributed by atoms with E-state index in [-0.39, 0.29) is 6.54 Å². The smallest absolute Gasteiger partial charge is 0.216 e. The van der Waals surface area contributed by atoms with Crippen LogP contribution < -0.4 is 15.2 Å². The van der Waals surface area contributed by atoms with Gasteiger partial charge in [-0.1, -0.05) is 11.6 Å². The third-order valence-corrected chi connectivity index (χ3v) is 2.77. The molecule has 2 N–H and O–H groups in total. The summed E-state index contributed by atoms with van der Waals surface area (Å²) in [6.45, 7) is 2.28. The molecular formula is C14H17N3O2. The maximum Gasteiger partial charge on any atom is 0.216 e. The molecule has 0 radical (unpaired) electrons. The molecule has 1 heterocycles. The minimum absolute atomic E-state index is 0.262. The maximum absolute atomic E-state index is 5.61. The summed E-state index contributed by atoms with van der Waals surface area (Å²) in [6, 6.07) is 7.70. The van der Waals surface area contributed by atoms with Crippen molar-refractivity contribution in [3.8, 4) is 22.9 Å². The Labute approximate surface area is 112 Å². The third kappa shape index (κ3) is 2.82. The highest BCUT2D eigenvalue weighted by atomic mass is 16.5. The molecule has 0 aliphatic heterocycles. The highest BCUT2D eigenvalue weighted by molar-refractivity contribution is 5.68. The van der Waals surface area contributed by atoms with Crippen LogP contribution in [0.4, 0.5) is 0 Å². The van der Waals surface area contributed by atoms with Gasteiger partial charge in [0.2, 0.25) is 5.88 Å². The second-order valence-electron chi connectivity index (χ2n) is 4.12. The summed E-state index contributed by atoms with van der Waals surface area (Å²) in [5, 5.41) is 0. The molecule has 2 rings (SSSR count). The van der Waals surface area contributed by atoms with Crippen LogP contribution in [0.25, 0.3) is 11.3 Å². The molecule has 1 aromatic heterocycles. The lowest BCUT2D eigenvalue weighted by Gasteiger charge is -2.11. The van der Waals surface area contributed by atoms with Gasteiger partial charge in [0.15, 0.2) is 0 Å². The molecule has 0 unspecified atom stereocenters. The average molecular weight is 259 g/mol. The standard InChI is InChI=1S/C14H17N3O2/c1-9-4-5-12(18-2)10(6-9)11-7-14(19-3)17-13(8-15)16-11/h4-7H,8,15H2,1-3H3. The molecule has 100 valence electrons. The van der Waals surface area contributed by atoms with E-state index in [0.29, 0.717) is 11.7 Å². The number of aromatic nitrogens is 2. The highest BCUT2D eigenvalue weighted by Gasteiger charge is 2.11. The van der Waals surface area contributed by atoms with Crippen LogP contribution in [0.3, 0.4) is 0 Å². The predicted octanol–water partition coefficient (Wildman–Crippen LogP) is 1.93. The Morgan fingerprint density at radius 1 is 1.11 bits per heavy atom. The van der Waals surface area contributed by atoms with Crippen molar-refractivity contribution in [3.05, 3.63) is 35.7 Å². The number of rotatable bonds is 4. The van der Waals surface area contributed by atoms with Gasteiger partial charge in [0, 0.05) is 11.6 Å². The Bertz CT molecular complexity index is 563. The average Bonchev–Trinajstić information content (AvgIpc) is 2.46. The quantitative estimate of drug-likeness (QED) is 0.908. The summed E-state index contributed by atoms with van der Waals surface area (Å²) in [5.41, 5.74) is 8.38. The largest absolute Gasteiger partial charge is 0.496 e. The summed E-state index contributed by atoms with van der Waals surface area (Å²) in [6.07, 6.45) is 0. The van der Waals surface area contributed by atoms with E-state index in [4.69, 9.17) is 15.2 Å². The second kappa shape index (κ2) is 5.67. The van der Waals surface area contributed by atoms with Gasteiger partial charge in [0.1, 0.15) is 11.6 Å². The van der Waals surface area contributed by atoms with Crippen LogP contribution in [0.1, 0.15) is 11.4 Å². The molecule has 0 bridgehead atoms. The normalized spacial score (nSPS) is 10.3. The number of methoxy groups -OCH3 is 2. The molecule has 1 aromatic carbocycles. The summed E-state index contributed by atoms with van der Waals surface area (Å²) in [7, 11) is 3.20. The molecule has 0 aliphatic carbocycles. The van der Waals surface area contributed by atoms with Crippen molar-refractivity contribution in [2.75, 3.05) is 14.2 Å². The van der Waals surface area contributed by atoms with Gasteiger partial charge in [-0.05, 0) is 19.1 Å². The molecule has 2 aromatic rings.